The number of carbonyl (C=O) groups is 2. The van der Waals surface area contributed by atoms with Gasteiger partial charge in [-0.05, 0) is 40.5 Å². The van der Waals surface area contributed by atoms with Crippen LogP contribution in [-0.4, -0.2) is 47.4 Å². The van der Waals surface area contributed by atoms with Gasteiger partial charge in [0.25, 0.3) is 0 Å². The summed E-state index contributed by atoms with van der Waals surface area (Å²) in [6.45, 7) is 18.1. The molecule has 0 aromatic heterocycles. The summed E-state index contributed by atoms with van der Waals surface area (Å²) in [5.41, 5.74) is -1.41. The van der Waals surface area contributed by atoms with E-state index in [0.29, 0.717) is 26.0 Å². The van der Waals surface area contributed by atoms with Crippen molar-refractivity contribution in [2.45, 2.75) is 285 Å². The number of hydrogen-bond acceptors (Lipinski definition) is 6. The normalized spacial score (nSPS) is 17.1. The zero-order valence-corrected chi connectivity index (χ0v) is 38.3. The molecule has 0 aromatic rings. The zero-order chi connectivity index (χ0) is 40.7. The Labute approximate surface area is 343 Å². The fourth-order valence-electron chi connectivity index (χ4n) is 8.14. The molecule has 1 fully saturated rings. The van der Waals surface area contributed by atoms with Gasteiger partial charge >= 0.3 is 11.9 Å². The van der Waals surface area contributed by atoms with Gasteiger partial charge in [0.15, 0.2) is 0 Å². The van der Waals surface area contributed by atoms with Gasteiger partial charge in [-0.25, -0.2) is 0 Å². The Morgan fingerprint density at radius 1 is 0.527 bits per heavy atom. The third-order valence-electron chi connectivity index (χ3n) is 12.8. The Hall–Kier alpha value is -1.14. The first-order valence-electron chi connectivity index (χ1n) is 24.2. The number of hydroxylamine groups is 2. The van der Waals surface area contributed by atoms with E-state index in [1.165, 1.54) is 167 Å². The molecule has 55 heavy (non-hydrogen) atoms. The molecule has 1 aliphatic rings. The van der Waals surface area contributed by atoms with Crippen molar-refractivity contribution < 1.29 is 23.9 Å². The first-order chi connectivity index (χ1) is 26.4. The third-order valence-corrected chi connectivity index (χ3v) is 12.8. The lowest BCUT2D eigenvalue weighted by molar-refractivity contribution is -0.294. The molecular formula is C49H95NO5. The van der Waals surface area contributed by atoms with Gasteiger partial charge in [0.05, 0.1) is 0 Å². The molecule has 6 heteroatoms. The largest absolute Gasteiger partial charge is 0.462 e. The van der Waals surface area contributed by atoms with Crippen molar-refractivity contribution in [3.63, 3.8) is 0 Å². The maximum atomic E-state index is 12.9. The molecule has 1 aliphatic heterocycles. The van der Waals surface area contributed by atoms with Gasteiger partial charge in [-0.15, -0.1) is 0 Å². The average molecular weight is 778 g/mol. The molecule has 0 N–H and O–H groups in total. The van der Waals surface area contributed by atoms with Crippen molar-refractivity contribution in [3.05, 3.63) is 0 Å². The Bertz CT molecular complexity index is 930. The number of unbranched alkanes of at least 4 members (excludes halogenated alkanes) is 28. The number of piperidine rings is 1. The summed E-state index contributed by atoms with van der Waals surface area (Å²) in [6.07, 6.45) is 41.0. The van der Waals surface area contributed by atoms with Crippen LogP contribution in [0.1, 0.15) is 267 Å². The highest BCUT2D eigenvalue weighted by molar-refractivity contribution is 5.70. The van der Waals surface area contributed by atoms with E-state index in [1.54, 1.807) is 0 Å². The predicted molar refractivity (Wildman–Crippen MR) is 234 cm³/mol. The minimum atomic E-state index is -0.719. The van der Waals surface area contributed by atoms with Gasteiger partial charge in [0.1, 0.15) is 18.3 Å². The highest BCUT2D eigenvalue weighted by Crippen LogP contribution is 2.45. The average Bonchev–Trinajstić information content (AvgIpc) is 3.13. The summed E-state index contributed by atoms with van der Waals surface area (Å²) < 4.78 is 12.0. The Balaban J connectivity index is 2.17. The Kier molecular flexibility index (Phi) is 30.0. The fraction of sp³-hybridized carbons (Fsp3) is 0.959. The maximum absolute atomic E-state index is 12.9. The molecule has 0 amide bonds. The number of ether oxygens (including phenoxy) is 2. The predicted octanol–water partition coefficient (Wildman–Crippen LogP) is 15.2. The zero-order valence-electron chi connectivity index (χ0n) is 38.3. The molecule has 0 spiro atoms. The minimum Gasteiger partial charge on any atom is -0.462 e. The number of rotatable bonds is 37. The summed E-state index contributed by atoms with van der Waals surface area (Å²) in [5.74, 6) is -0.206. The smallest absolute Gasteiger partial charge is 0.306 e. The molecule has 1 atom stereocenters. The van der Waals surface area contributed by atoms with Gasteiger partial charge in [0.2, 0.25) is 0 Å². The van der Waals surface area contributed by atoms with Crippen molar-refractivity contribution in [1.29, 1.82) is 0 Å². The van der Waals surface area contributed by atoms with Crippen molar-refractivity contribution in [2.75, 3.05) is 13.2 Å². The second-order valence-electron chi connectivity index (χ2n) is 19.1. The summed E-state index contributed by atoms with van der Waals surface area (Å²) >= 11 is 0. The lowest BCUT2D eigenvalue weighted by atomic mass is 9.67. The number of hydrogen-bond donors (Lipinski definition) is 0. The monoisotopic (exact) mass is 778 g/mol. The van der Waals surface area contributed by atoms with E-state index in [-0.39, 0.29) is 29.0 Å². The molecule has 6 nitrogen and oxygen atoms in total. The lowest BCUT2D eigenvalue weighted by Gasteiger charge is -2.55. The van der Waals surface area contributed by atoms with Crippen molar-refractivity contribution >= 4 is 11.9 Å². The van der Waals surface area contributed by atoms with Gasteiger partial charge in [-0.1, -0.05) is 207 Å². The molecule has 0 bridgehead atoms. The molecule has 1 saturated heterocycles. The van der Waals surface area contributed by atoms with Crippen LogP contribution < -0.4 is 0 Å². The van der Waals surface area contributed by atoms with E-state index in [1.807, 2.05) is 18.9 Å². The first kappa shape index (κ1) is 51.9. The molecule has 0 radical (unpaired) electrons. The van der Waals surface area contributed by atoms with E-state index < -0.39 is 5.60 Å². The number of nitrogens with zero attached hydrogens (tertiary/aromatic N) is 1. The molecule has 1 unspecified atom stereocenters. The molecule has 1 heterocycles. The Morgan fingerprint density at radius 2 is 0.855 bits per heavy atom. The second kappa shape index (κ2) is 31.8. The molecule has 0 aliphatic carbocycles. The number of carbonyl (C=O) groups excluding carboxylic acids is 2. The van der Waals surface area contributed by atoms with Crippen LogP contribution in [0.15, 0.2) is 0 Å². The number of esters is 2. The lowest BCUT2D eigenvalue weighted by Crippen LogP contribution is -2.64. The van der Waals surface area contributed by atoms with Gasteiger partial charge in [-0.2, -0.15) is 5.06 Å². The SMILES string of the molecule is CCCCCCCCCCCCCCCCCC(=O)OC1CCN(OCC(C)(C)OC(=O)CCCCCCCCCCCCCCCCC)C(C)(C)C1(C)C. The topological polar surface area (TPSA) is 65.1 Å². The van der Waals surface area contributed by atoms with Crippen LogP contribution in [-0.2, 0) is 23.9 Å². The minimum absolute atomic E-state index is 0.0694. The molecule has 1 rings (SSSR count). The van der Waals surface area contributed by atoms with Crippen LogP contribution >= 0.6 is 0 Å². The summed E-state index contributed by atoms with van der Waals surface area (Å²) in [7, 11) is 0. The summed E-state index contributed by atoms with van der Waals surface area (Å²) in [4.78, 5) is 32.0. The van der Waals surface area contributed by atoms with Crippen LogP contribution in [0, 0.1) is 5.41 Å². The van der Waals surface area contributed by atoms with Gasteiger partial charge < -0.3 is 9.47 Å². The Morgan fingerprint density at radius 3 is 1.22 bits per heavy atom. The van der Waals surface area contributed by atoms with E-state index in [2.05, 4.69) is 41.5 Å². The van der Waals surface area contributed by atoms with Crippen molar-refractivity contribution in [3.8, 4) is 0 Å². The van der Waals surface area contributed by atoms with Crippen LogP contribution in [0.5, 0.6) is 0 Å². The first-order valence-corrected chi connectivity index (χ1v) is 24.2. The van der Waals surface area contributed by atoms with E-state index in [0.717, 1.165) is 32.1 Å². The molecule has 326 valence electrons. The third kappa shape index (κ3) is 25.1. The molecule has 0 saturated carbocycles. The summed E-state index contributed by atoms with van der Waals surface area (Å²) in [6, 6.07) is 0. The van der Waals surface area contributed by atoms with E-state index >= 15 is 0 Å². The molecule has 0 aromatic carbocycles. The highest BCUT2D eigenvalue weighted by atomic mass is 16.7. The summed E-state index contributed by atoms with van der Waals surface area (Å²) in [5, 5.41) is 2.02. The standard InChI is InChI=1S/C49H95NO5/c1-9-11-13-15-17-19-21-23-25-27-29-31-33-35-37-39-45(51)54-44-41-42-50(49(7,8)48(44,5)6)53-43-47(3,4)55-46(52)40-38-36-34-32-30-28-26-24-22-20-18-16-14-12-10-2/h44H,9-43H2,1-8H3. The van der Waals surface area contributed by atoms with Crippen molar-refractivity contribution in [2.24, 2.45) is 5.41 Å². The van der Waals surface area contributed by atoms with Crippen molar-refractivity contribution in [1.82, 2.24) is 5.06 Å². The quantitative estimate of drug-likeness (QED) is 0.0462. The van der Waals surface area contributed by atoms with Crippen LogP contribution in [0.3, 0.4) is 0 Å². The second-order valence-corrected chi connectivity index (χ2v) is 19.1. The fourth-order valence-corrected chi connectivity index (χ4v) is 8.14. The van der Waals surface area contributed by atoms with E-state index in [4.69, 9.17) is 14.3 Å². The van der Waals surface area contributed by atoms with Crippen LogP contribution in [0.4, 0.5) is 0 Å². The van der Waals surface area contributed by atoms with E-state index in [9.17, 15) is 9.59 Å². The molecular weight excluding hydrogens is 683 g/mol. The highest BCUT2D eigenvalue weighted by Gasteiger charge is 2.53. The van der Waals surface area contributed by atoms with Crippen LogP contribution in [0.25, 0.3) is 0 Å². The van der Waals surface area contributed by atoms with Crippen LogP contribution in [0.2, 0.25) is 0 Å². The van der Waals surface area contributed by atoms with Gasteiger partial charge in [-0.3, -0.25) is 14.4 Å². The maximum Gasteiger partial charge on any atom is 0.306 e. The van der Waals surface area contributed by atoms with Gasteiger partial charge in [0, 0.05) is 36.8 Å².